The Hall–Kier alpha value is -1.84. The van der Waals surface area contributed by atoms with Gasteiger partial charge in [-0.25, -0.2) is 4.79 Å². The largest absolute Gasteiger partial charge is 0.478 e. The van der Waals surface area contributed by atoms with Crippen LogP contribution in [0.4, 0.5) is 0 Å². The SMILES string of the molecule is CC(=O)O[C@@H]1CC[C@]2(C)C3=CC[C@]4(C)C([C@H](C)C=CC(=O)O)=CC[C@H]4[C@@H]3CC[C@@H]2C1. The normalized spacial score (nSPS) is 41.2. The van der Waals surface area contributed by atoms with Crippen LogP contribution in [-0.2, 0) is 14.3 Å². The Morgan fingerprint density at radius 1 is 1.20 bits per heavy atom. The maximum absolute atomic E-state index is 11.4. The van der Waals surface area contributed by atoms with E-state index in [1.165, 1.54) is 31.4 Å². The highest BCUT2D eigenvalue weighted by atomic mass is 16.5. The number of carbonyl (C=O) groups is 2. The molecule has 0 radical (unpaired) electrons. The number of esters is 1. The van der Waals surface area contributed by atoms with Crippen molar-refractivity contribution in [3.63, 3.8) is 0 Å². The fourth-order valence-electron chi connectivity index (χ4n) is 7.48. The lowest BCUT2D eigenvalue weighted by atomic mass is 9.48. The van der Waals surface area contributed by atoms with Crippen LogP contribution in [0, 0.1) is 34.5 Å². The van der Waals surface area contributed by atoms with Crippen molar-refractivity contribution in [3.05, 3.63) is 35.5 Å². The summed E-state index contributed by atoms with van der Waals surface area (Å²) in [6, 6.07) is 0. The van der Waals surface area contributed by atoms with Crippen LogP contribution >= 0.6 is 0 Å². The van der Waals surface area contributed by atoms with Gasteiger partial charge in [-0.15, -0.1) is 0 Å². The van der Waals surface area contributed by atoms with E-state index in [0.29, 0.717) is 17.8 Å². The molecule has 2 saturated carbocycles. The van der Waals surface area contributed by atoms with Gasteiger partial charge in [0, 0.05) is 13.0 Å². The summed E-state index contributed by atoms with van der Waals surface area (Å²) >= 11 is 0. The summed E-state index contributed by atoms with van der Waals surface area (Å²) in [4.78, 5) is 22.4. The van der Waals surface area contributed by atoms with Crippen molar-refractivity contribution in [1.82, 2.24) is 0 Å². The maximum atomic E-state index is 11.4. The van der Waals surface area contributed by atoms with E-state index in [1.54, 1.807) is 5.57 Å². The van der Waals surface area contributed by atoms with E-state index in [4.69, 9.17) is 9.84 Å². The number of allylic oxidation sites excluding steroid dienone is 5. The first-order chi connectivity index (χ1) is 14.1. The van der Waals surface area contributed by atoms with Crippen molar-refractivity contribution < 1.29 is 19.4 Å². The van der Waals surface area contributed by atoms with Gasteiger partial charge in [0.2, 0.25) is 0 Å². The molecule has 1 N–H and O–H groups in total. The van der Waals surface area contributed by atoms with E-state index < -0.39 is 5.97 Å². The molecule has 0 aromatic carbocycles. The summed E-state index contributed by atoms with van der Waals surface area (Å²) in [6.45, 7) is 8.52. The number of fused-ring (bicyclic) bond motifs is 5. The fourth-order valence-corrected chi connectivity index (χ4v) is 7.48. The molecule has 4 heteroatoms. The molecule has 4 aliphatic carbocycles. The highest BCUT2D eigenvalue weighted by molar-refractivity contribution is 5.79. The highest BCUT2D eigenvalue weighted by Gasteiger charge is 2.55. The summed E-state index contributed by atoms with van der Waals surface area (Å²) in [6.07, 6.45) is 15.9. The van der Waals surface area contributed by atoms with Gasteiger partial charge in [-0.3, -0.25) is 4.79 Å². The van der Waals surface area contributed by atoms with Crippen molar-refractivity contribution >= 4 is 11.9 Å². The Bertz CT molecular complexity index is 821. The Kier molecular flexibility index (Phi) is 5.48. The maximum Gasteiger partial charge on any atom is 0.327 e. The molecule has 164 valence electrons. The van der Waals surface area contributed by atoms with Gasteiger partial charge in [-0.05, 0) is 79.4 Å². The van der Waals surface area contributed by atoms with Gasteiger partial charge < -0.3 is 9.84 Å². The molecule has 0 unspecified atom stereocenters. The van der Waals surface area contributed by atoms with Gasteiger partial charge in [0.25, 0.3) is 0 Å². The highest BCUT2D eigenvalue weighted by Crippen LogP contribution is 2.65. The number of ether oxygens (including phenoxy) is 1. The first kappa shape index (κ1) is 21.4. The zero-order valence-electron chi connectivity index (χ0n) is 18.8. The number of carboxylic acids is 1. The number of hydrogen-bond donors (Lipinski definition) is 1. The van der Waals surface area contributed by atoms with E-state index >= 15 is 0 Å². The Morgan fingerprint density at radius 2 is 1.97 bits per heavy atom. The molecule has 0 saturated heterocycles. The van der Waals surface area contributed by atoms with Crippen molar-refractivity contribution in [2.75, 3.05) is 0 Å². The Labute approximate surface area is 180 Å². The Balaban J connectivity index is 1.55. The zero-order chi connectivity index (χ0) is 21.7. The average molecular weight is 413 g/mol. The minimum Gasteiger partial charge on any atom is -0.478 e. The average Bonchev–Trinajstić information content (AvgIpc) is 3.03. The van der Waals surface area contributed by atoms with Gasteiger partial charge in [-0.2, -0.15) is 0 Å². The molecule has 7 atom stereocenters. The second-order valence-electron chi connectivity index (χ2n) is 10.6. The lowest BCUT2D eigenvalue weighted by Crippen LogP contribution is -2.48. The second kappa shape index (κ2) is 7.69. The summed E-state index contributed by atoms with van der Waals surface area (Å²) in [5.74, 6) is 0.992. The summed E-state index contributed by atoms with van der Waals surface area (Å²) < 4.78 is 5.57. The summed E-state index contributed by atoms with van der Waals surface area (Å²) in [5.41, 5.74) is 3.46. The molecule has 0 aliphatic heterocycles. The molecule has 0 heterocycles. The fraction of sp³-hybridized carbons (Fsp3) is 0.692. The third-order valence-electron chi connectivity index (χ3n) is 8.97. The van der Waals surface area contributed by atoms with Crippen LogP contribution in [0.15, 0.2) is 35.5 Å². The number of carboxylic acid groups (broad SMARTS) is 1. The molecular weight excluding hydrogens is 376 g/mol. The lowest BCUT2D eigenvalue weighted by Gasteiger charge is -2.57. The zero-order valence-corrected chi connectivity index (χ0v) is 18.8. The summed E-state index contributed by atoms with van der Waals surface area (Å²) in [7, 11) is 0. The van der Waals surface area contributed by atoms with Crippen LogP contribution in [0.2, 0.25) is 0 Å². The number of aliphatic carboxylic acids is 1. The van der Waals surface area contributed by atoms with Crippen LogP contribution in [-0.4, -0.2) is 23.1 Å². The van der Waals surface area contributed by atoms with Crippen molar-refractivity contribution in [2.45, 2.75) is 78.7 Å². The minimum atomic E-state index is -0.872. The smallest absolute Gasteiger partial charge is 0.327 e. The molecule has 4 aliphatic rings. The van der Waals surface area contributed by atoms with E-state index in [9.17, 15) is 9.59 Å². The lowest BCUT2D eigenvalue weighted by molar-refractivity contribution is -0.151. The molecule has 4 nitrogen and oxygen atoms in total. The number of carbonyl (C=O) groups excluding carboxylic acids is 1. The van der Waals surface area contributed by atoms with Crippen LogP contribution in [0.5, 0.6) is 0 Å². The predicted octanol–water partition coefficient (Wildman–Crippen LogP) is 5.69. The van der Waals surface area contributed by atoms with E-state index in [-0.39, 0.29) is 28.8 Å². The van der Waals surface area contributed by atoms with Crippen molar-refractivity contribution in [3.8, 4) is 0 Å². The Morgan fingerprint density at radius 3 is 2.67 bits per heavy atom. The topological polar surface area (TPSA) is 63.6 Å². The quantitative estimate of drug-likeness (QED) is 0.366. The molecule has 30 heavy (non-hydrogen) atoms. The van der Waals surface area contributed by atoms with Crippen LogP contribution in [0.3, 0.4) is 0 Å². The van der Waals surface area contributed by atoms with E-state index in [0.717, 1.165) is 32.1 Å². The first-order valence-electron chi connectivity index (χ1n) is 11.6. The van der Waals surface area contributed by atoms with Crippen molar-refractivity contribution in [1.29, 1.82) is 0 Å². The molecule has 2 fully saturated rings. The van der Waals surface area contributed by atoms with Crippen LogP contribution in [0.1, 0.15) is 72.6 Å². The van der Waals surface area contributed by atoms with Gasteiger partial charge >= 0.3 is 11.9 Å². The van der Waals surface area contributed by atoms with Crippen LogP contribution in [0.25, 0.3) is 0 Å². The van der Waals surface area contributed by atoms with E-state index in [1.807, 2.05) is 6.08 Å². The second-order valence-corrected chi connectivity index (χ2v) is 10.6. The molecule has 0 bridgehead atoms. The molecule has 0 aromatic rings. The van der Waals surface area contributed by atoms with Gasteiger partial charge in [0.1, 0.15) is 6.10 Å². The molecule has 4 rings (SSSR count). The van der Waals surface area contributed by atoms with Gasteiger partial charge in [0.05, 0.1) is 0 Å². The summed E-state index contributed by atoms with van der Waals surface area (Å²) in [5, 5.41) is 9.02. The standard InChI is InChI=1S/C26H36O4/c1-16(5-10-24(28)29)21-8-9-22-20-7-6-18-15-19(30-17(2)27)11-13-25(18,3)23(20)12-14-26(21,22)4/h5,8,10,12,16,18-20,22H,6-7,9,11,13-15H2,1-4H3,(H,28,29)/t16-,18-,19-,20+,22+,25+,26-/m1/s1. The predicted molar refractivity (Wildman–Crippen MR) is 117 cm³/mol. The molecular formula is C26H36O4. The van der Waals surface area contributed by atoms with E-state index in [2.05, 4.69) is 32.9 Å². The van der Waals surface area contributed by atoms with Gasteiger partial charge in [-0.1, -0.05) is 50.1 Å². The molecule has 0 aromatic heterocycles. The number of rotatable bonds is 4. The molecule has 0 amide bonds. The number of hydrogen-bond acceptors (Lipinski definition) is 3. The monoisotopic (exact) mass is 412 g/mol. The van der Waals surface area contributed by atoms with Crippen LogP contribution < -0.4 is 0 Å². The third-order valence-corrected chi connectivity index (χ3v) is 8.97. The minimum absolute atomic E-state index is 0.0909. The third kappa shape index (κ3) is 3.46. The van der Waals surface area contributed by atoms with Crippen molar-refractivity contribution in [2.24, 2.45) is 34.5 Å². The van der Waals surface area contributed by atoms with Gasteiger partial charge in [0.15, 0.2) is 0 Å². The first-order valence-corrected chi connectivity index (χ1v) is 11.6. The molecule has 0 spiro atoms.